The second kappa shape index (κ2) is 17.7. The number of ether oxygens (including phenoxy) is 1. The minimum atomic E-state index is -4.77. The summed E-state index contributed by atoms with van der Waals surface area (Å²) in [6.07, 6.45) is 0.473. The minimum Gasteiger partial charge on any atom is -0.510 e. The molecule has 1 aliphatic heterocycles. The van der Waals surface area contributed by atoms with Crippen LogP contribution in [0, 0.1) is 11.6 Å². The molecule has 2 heterocycles. The molecule has 0 saturated carbocycles. The van der Waals surface area contributed by atoms with Crippen LogP contribution in [0.5, 0.6) is 5.75 Å². The predicted octanol–water partition coefficient (Wildman–Crippen LogP) is 9.15. The minimum absolute atomic E-state index is 0.0328. The van der Waals surface area contributed by atoms with Gasteiger partial charge in [-0.3, -0.25) is 14.7 Å². The van der Waals surface area contributed by atoms with Crippen molar-refractivity contribution in [1.29, 1.82) is 0 Å². The van der Waals surface area contributed by atoms with Gasteiger partial charge < -0.3 is 20.6 Å². The number of nitrogens with one attached hydrogen (secondary N) is 2. The van der Waals surface area contributed by atoms with Crippen LogP contribution in [0.2, 0.25) is 0 Å². The van der Waals surface area contributed by atoms with Gasteiger partial charge in [-0.25, -0.2) is 18.2 Å². The molecular formula is C39H46F7N5O3. The number of halogens is 7. The fourth-order valence-corrected chi connectivity index (χ4v) is 6.59. The molecule has 1 aromatic heterocycles. The number of aliphatic hydroxyl groups is 1. The Bertz CT molecular complexity index is 1800. The van der Waals surface area contributed by atoms with E-state index in [2.05, 4.69) is 27.2 Å². The first-order valence-electron chi connectivity index (χ1n) is 17.7. The van der Waals surface area contributed by atoms with E-state index >= 15 is 8.78 Å². The van der Waals surface area contributed by atoms with E-state index in [1.165, 1.54) is 23.3 Å². The Kier molecular flexibility index (Phi) is 13.8. The van der Waals surface area contributed by atoms with Crippen molar-refractivity contribution in [3.05, 3.63) is 101 Å². The molecule has 1 fully saturated rings. The number of nitrogens with zero attached hydrogens (tertiary/aromatic N) is 3. The molecule has 1 amide bonds. The summed E-state index contributed by atoms with van der Waals surface area (Å²) in [6.45, 7) is 10.2. The third kappa shape index (κ3) is 9.72. The number of carbonyl (C=O) groups is 1. The zero-order valence-corrected chi connectivity index (χ0v) is 30.7. The molecule has 54 heavy (non-hydrogen) atoms. The van der Waals surface area contributed by atoms with Gasteiger partial charge in [0.1, 0.15) is 18.1 Å². The molecule has 4 rings (SSSR count). The Morgan fingerprint density at radius 3 is 2.28 bits per heavy atom. The lowest BCUT2D eigenvalue weighted by atomic mass is 9.85. The van der Waals surface area contributed by atoms with Crippen LogP contribution >= 0.6 is 0 Å². The van der Waals surface area contributed by atoms with Crippen molar-refractivity contribution in [2.75, 3.05) is 38.6 Å². The normalized spacial score (nSPS) is 14.8. The highest BCUT2D eigenvalue weighted by Crippen LogP contribution is 2.38. The molecule has 1 saturated heterocycles. The molecule has 0 radical (unpaired) electrons. The standard InChI is InChI=1S/C39H46F7N5O3/c1-6-38(7-2,50(5)48-8-3)35(52)29(22-25-12-16-31(34(41)33(25)40)54-21-20-51-18-10-9-11-19-51)36(53)49-30-15-14-27(37(4,42)43)23-28(30)26-13-17-32(47-24-26)39(44,45)46/h8,12-17,23-24,48,52H,3,6-7,9-11,18-22H2,1-2,4-5H3,(H,49,53)/b35-29-. The number of aliphatic hydroxyl groups excluding tert-OH is 1. The van der Waals surface area contributed by atoms with E-state index in [0.717, 1.165) is 62.8 Å². The molecule has 0 aliphatic carbocycles. The number of carbonyl (C=O) groups excluding carboxylic acids is 1. The maximum absolute atomic E-state index is 15.8. The Morgan fingerprint density at radius 2 is 1.70 bits per heavy atom. The maximum Gasteiger partial charge on any atom is 0.433 e. The number of likely N-dealkylation sites (N-methyl/N-ethyl adjacent to an activating group) is 1. The van der Waals surface area contributed by atoms with Gasteiger partial charge in [-0.15, -0.1) is 0 Å². The summed E-state index contributed by atoms with van der Waals surface area (Å²) in [5.74, 6) is -7.77. The first-order valence-corrected chi connectivity index (χ1v) is 17.7. The number of aromatic nitrogens is 1. The van der Waals surface area contributed by atoms with Crippen LogP contribution in [0.25, 0.3) is 11.1 Å². The summed E-state index contributed by atoms with van der Waals surface area (Å²) < 4.78 is 106. The summed E-state index contributed by atoms with van der Waals surface area (Å²) in [5.41, 5.74) is -1.08. The zero-order chi connectivity index (χ0) is 39.8. The molecule has 3 aromatic rings. The van der Waals surface area contributed by atoms with Crippen LogP contribution in [0.15, 0.2) is 72.8 Å². The van der Waals surface area contributed by atoms with E-state index in [1.54, 1.807) is 20.9 Å². The Hall–Kier alpha value is -4.63. The van der Waals surface area contributed by atoms with Crippen molar-refractivity contribution in [3.63, 3.8) is 0 Å². The van der Waals surface area contributed by atoms with Crippen molar-refractivity contribution in [3.8, 4) is 16.9 Å². The lowest BCUT2D eigenvalue weighted by Gasteiger charge is -2.40. The monoisotopic (exact) mass is 765 g/mol. The molecule has 2 aromatic carbocycles. The highest BCUT2D eigenvalue weighted by molar-refractivity contribution is 6.06. The summed E-state index contributed by atoms with van der Waals surface area (Å²) >= 11 is 0. The number of alkyl halides is 5. The second-order valence-corrected chi connectivity index (χ2v) is 13.3. The zero-order valence-electron chi connectivity index (χ0n) is 30.7. The summed E-state index contributed by atoms with van der Waals surface area (Å²) in [6, 6.07) is 7.37. The van der Waals surface area contributed by atoms with Gasteiger partial charge in [0, 0.05) is 61.7 Å². The molecule has 0 bridgehead atoms. The van der Waals surface area contributed by atoms with Crippen LogP contribution in [-0.2, 0) is 23.3 Å². The van der Waals surface area contributed by atoms with Crippen LogP contribution in [0.3, 0.4) is 0 Å². The van der Waals surface area contributed by atoms with E-state index in [-0.39, 0.29) is 47.6 Å². The molecule has 3 N–H and O–H groups in total. The summed E-state index contributed by atoms with van der Waals surface area (Å²) in [5, 5.41) is 16.0. The number of hydrazine groups is 1. The number of likely N-dealkylation sites (tertiary alicyclic amines) is 1. The third-order valence-electron chi connectivity index (χ3n) is 9.84. The first kappa shape index (κ1) is 42.1. The fraction of sp³-hybridized carbons (Fsp3) is 0.436. The molecule has 8 nitrogen and oxygen atoms in total. The largest absolute Gasteiger partial charge is 0.510 e. The Labute approximate surface area is 310 Å². The van der Waals surface area contributed by atoms with E-state index in [0.29, 0.717) is 19.5 Å². The van der Waals surface area contributed by atoms with Gasteiger partial charge in [0.15, 0.2) is 11.6 Å². The number of pyridine rings is 1. The molecule has 294 valence electrons. The molecule has 0 atom stereocenters. The highest BCUT2D eigenvalue weighted by Gasteiger charge is 2.40. The van der Waals surface area contributed by atoms with Crippen LogP contribution < -0.4 is 15.5 Å². The summed E-state index contributed by atoms with van der Waals surface area (Å²) in [7, 11) is 1.59. The molecule has 1 aliphatic rings. The third-order valence-corrected chi connectivity index (χ3v) is 9.84. The molecule has 15 heteroatoms. The summed E-state index contributed by atoms with van der Waals surface area (Å²) in [4.78, 5) is 19.9. The van der Waals surface area contributed by atoms with Crippen LogP contribution in [0.4, 0.5) is 36.4 Å². The van der Waals surface area contributed by atoms with E-state index < -0.39 is 64.2 Å². The van der Waals surface area contributed by atoms with E-state index in [4.69, 9.17) is 4.74 Å². The van der Waals surface area contributed by atoms with Crippen LogP contribution in [0.1, 0.15) is 69.7 Å². The number of amides is 1. The van der Waals surface area contributed by atoms with Crippen molar-refractivity contribution in [2.24, 2.45) is 0 Å². The van der Waals surface area contributed by atoms with Gasteiger partial charge in [-0.2, -0.15) is 17.6 Å². The fourth-order valence-electron chi connectivity index (χ4n) is 6.59. The SMILES string of the molecule is C=CNN(C)C(CC)(CC)/C(O)=C(\Cc1ccc(OCCN2CCCCC2)c(F)c1F)C(=O)Nc1ccc(C(C)(F)F)cc1-c1ccc(C(F)(F)F)nc1. The Morgan fingerprint density at radius 1 is 1.02 bits per heavy atom. The van der Waals surface area contributed by atoms with Gasteiger partial charge in [0.05, 0.1) is 11.1 Å². The van der Waals surface area contributed by atoms with Gasteiger partial charge >= 0.3 is 6.18 Å². The van der Waals surface area contributed by atoms with Crippen molar-refractivity contribution < 1.29 is 45.4 Å². The van der Waals surface area contributed by atoms with Gasteiger partial charge in [-0.1, -0.05) is 45.0 Å². The molecular weight excluding hydrogens is 719 g/mol. The number of anilines is 1. The topological polar surface area (TPSA) is 90.0 Å². The highest BCUT2D eigenvalue weighted by atomic mass is 19.4. The molecule has 0 unspecified atom stereocenters. The quantitative estimate of drug-likeness (QED) is 0.0580. The van der Waals surface area contributed by atoms with Gasteiger partial charge in [0.25, 0.3) is 11.8 Å². The number of hydrogen-bond donors (Lipinski definition) is 3. The number of piperidine rings is 1. The van der Waals surface area contributed by atoms with Crippen LogP contribution in [-0.4, -0.2) is 64.7 Å². The maximum atomic E-state index is 15.8. The van der Waals surface area contributed by atoms with E-state index in [1.807, 2.05) is 0 Å². The van der Waals surface area contributed by atoms with E-state index in [9.17, 15) is 31.9 Å². The lowest BCUT2D eigenvalue weighted by molar-refractivity contribution is -0.141. The second-order valence-electron chi connectivity index (χ2n) is 13.3. The van der Waals surface area contributed by atoms with Gasteiger partial charge in [0.2, 0.25) is 5.82 Å². The Balaban J connectivity index is 1.77. The molecule has 0 spiro atoms. The lowest BCUT2D eigenvalue weighted by Crippen LogP contribution is -2.53. The van der Waals surface area contributed by atoms with Gasteiger partial charge in [-0.05, 0) is 68.6 Å². The average molecular weight is 766 g/mol. The van der Waals surface area contributed by atoms with Crippen molar-refractivity contribution >= 4 is 11.6 Å². The number of hydrogen-bond acceptors (Lipinski definition) is 7. The number of benzene rings is 2. The smallest absolute Gasteiger partial charge is 0.433 e. The van der Waals surface area contributed by atoms with Crippen molar-refractivity contribution in [2.45, 2.75) is 76.9 Å². The predicted molar refractivity (Wildman–Crippen MR) is 193 cm³/mol. The van der Waals surface area contributed by atoms with Crippen molar-refractivity contribution in [1.82, 2.24) is 20.3 Å². The number of rotatable bonds is 16. The first-order chi connectivity index (χ1) is 25.5. The average Bonchev–Trinajstić information content (AvgIpc) is 3.13.